The number of aromatic nitrogens is 5. The third kappa shape index (κ3) is 7.12. The van der Waals surface area contributed by atoms with Crippen molar-refractivity contribution in [3.05, 3.63) is 71.6 Å². The van der Waals surface area contributed by atoms with Gasteiger partial charge >= 0.3 is 0 Å². The molecule has 2 aliphatic rings. The summed E-state index contributed by atoms with van der Waals surface area (Å²) in [5.74, 6) is -0.501. The summed E-state index contributed by atoms with van der Waals surface area (Å²) in [4.78, 5) is 55.4. The number of nitrogens with one attached hydrogen (secondary N) is 3. The van der Waals surface area contributed by atoms with Gasteiger partial charge in [0, 0.05) is 52.0 Å². The van der Waals surface area contributed by atoms with E-state index in [2.05, 4.69) is 41.7 Å². The van der Waals surface area contributed by atoms with Gasteiger partial charge in [-0.15, -0.1) is 5.10 Å². The number of rotatable bonds is 11. The summed E-state index contributed by atoms with van der Waals surface area (Å²) in [6.45, 7) is 6.20. The number of Topliss-reactive ketones (excluding diaryl/α,β-unsaturated/α-hetero) is 1. The summed E-state index contributed by atoms with van der Waals surface area (Å²) < 4.78 is 6.96. The summed E-state index contributed by atoms with van der Waals surface area (Å²) in [6.07, 6.45) is 6.28. The second-order valence-electron chi connectivity index (χ2n) is 11.8. The van der Waals surface area contributed by atoms with E-state index in [1.807, 2.05) is 30.3 Å². The second kappa shape index (κ2) is 15.0. The lowest BCUT2D eigenvalue weighted by atomic mass is 9.93. The molecule has 2 fully saturated rings. The highest BCUT2D eigenvalue weighted by Crippen LogP contribution is 2.32. The van der Waals surface area contributed by atoms with Gasteiger partial charge < -0.3 is 30.2 Å². The topological polar surface area (TPSA) is 174 Å². The fraction of sp³-hybridized carbons (Fsp3) is 0.382. The van der Waals surface area contributed by atoms with Crippen molar-refractivity contribution in [1.82, 2.24) is 45.2 Å². The molecule has 14 heteroatoms. The van der Waals surface area contributed by atoms with Crippen LogP contribution < -0.4 is 15.4 Å². The highest BCUT2D eigenvalue weighted by Gasteiger charge is 2.30. The smallest absolute Gasteiger partial charge is 0.295 e. The molecular formula is C34H38N10O4. The van der Waals surface area contributed by atoms with Crippen LogP contribution in [0.25, 0.3) is 22.3 Å². The average molecular weight is 651 g/mol. The van der Waals surface area contributed by atoms with Crippen LogP contribution in [0.3, 0.4) is 0 Å². The number of ether oxygens (including phenoxy) is 1. The summed E-state index contributed by atoms with van der Waals surface area (Å²) in [5.41, 5.74) is 3.03. The lowest BCUT2D eigenvalue weighted by molar-refractivity contribution is -0.126. The van der Waals surface area contributed by atoms with E-state index < -0.39 is 11.7 Å². The van der Waals surface area contributed by atoms with E-state index in [0.29, 0.717) is 66.3 Å². The number of H-pyrrole nitrogens is 1. The van der Waals surface area contributed by atoms with Gasteiger partial charge in [0.1, 0.15) is 12.1 Å². The van der Waals surface area contributed by atoms with Crippen molar-refractivity contribution in [2.24, 2.45) is 0 Å². The summed E-state index contributed by atoms with van der Waals surface area (Å²) >= 11 is 0. The van der Waals surface area contributed by atoms with Crippen LogP contribution in [0.1, 0.15) is 41.0 Å². The maximum Gasteiger partial charge on any atom is 0.295 e. The number of amides is 2. The molecule has 4 aromatic rings. The number of benzene rings is 1. The molecule has 6 rings (SSSR count). The number of carbonyl (C=O) groups excluding carboxylic acids is 3. The molecule has 0 atom stereocenters. The van der Waals surface area contributed by atoms with Crippen LogP contribution in [0.4, 0.5) is 0 Å². The fourth-order valence-corrected chi connectivity index (χ4v) is 6.20. The molecule has 14 nitrogen and oxygen atoms in total. The molecule has 3 aromatic heterocycles. The lowest BCUT2D eigenvalue weighted by Gasteiger charge is -2.28. The Morgan fingerprint density at radius 3 is 2.56 bits per heavy atom. The average Bonchev–Trinajstić information content (AvgIpc) is 3.79. The van der Waals surface area contributed by atoms with Crippen LogP contribution in [0.5, 0.6) is 5.75 Å². The minimum atomic E-state index is -0.680. The Labute approximate surface area is 277 Å². The van der Waals surface area contributed by atoms with Crippen LogP contribution in [0, 0.1) is 11.3 Å². The normalized spacial score (nSPS) is 15.2. The lowest BCUT2D eigenvalue weighted by Crippen LogP contribution is -2.44. The molecule has 0 aliphatic carbocycles. The van der Waals surface area contributed by atoms with Crippen molar-refractivity contribution in [1.29, 1.82) is 5.26 Å². The highest BCUT2D eigenvalue weighted by molar-refractivity contribution is 6.45. The van der Waals surface area contributed by atoms with Crippen LogP contribution in [0.15, 0.2) is 54.6 Å². The van der Waals surface area contributed by atoms with Gasteiger partial charge in [-0.3, -0.25) is 14.4 Å². The first kappa shape index (κ1) is 32.5. The molecule has 0 spiro atoms. The number of nitrogens with zero attached hydrogens (tertiary/aromatic N) is 7. The Morgan fingerprint density at radius 2 is 1.83 bits per heavy atom. The first-order valence-electron chi connectivity index (χ1n) is 16.1. The predicted molar refractivity (Wildman–Crippen MR) is 177 cm³/mol. The van der Waals surface area contributed by atoms with Crippen LogP contribution in [-0.2, 0) is 16.0 Å². The van der Waals surface area contributed by atoms with Crippen molar-refractivity contribution in [2.75, 3.05) is 59.5 Å². The third-order valence-electron chi connectivity index (χ3n) is 8.75. The van der Waals surface area contributed by atoms with Gasteiger partial charge in [0.25, 0.3) is 11.7 Å². The van der Waals surface area contributed by atoms with E-state index in [1.54, 1.807) is 0 Å². The van der Waals surface area contributed by atoms with Crippen molar-refractivity contribution < 1.29 is 19.1 Å². The molecule has 3 N–H and O–H groups in total. The molecule has 0 saturated carbocycles. The number of likely N-dealkylation sites (tertiary alicyclic amines) is 1. The molecule has 2 aliphatic heterocycles. The zero-order valence-electron chi connectivity index (χ0n) is 26.9. The fourth-order valence-electron chi connectivity index (χ4n) is 6.20. The van der Waals surface area contributed by atoms with Crippen LogP contribution in [0.2, 0.25) is 0 Å². The Hall–Kier alpha value is -5.39. The van der Waals surface area contributed by atoms with Gasteiger partial charge in [-0.05, 0) is 36.9 Å². The number of hydrogen-bond donors (Lipinski definition) is 3. The minimum Gasteiger partial charge on any atom is -0.494 e. The Kier molecular flexibility index (Phi) is 10.2. The maximum atomic E-state index is 13.6. The molecule has 5 heterocycles. The van der Waals surface area contributed by atoms with Gasteiger partial charge in [-0.25, -0.2) is 14.6 Å². The third-order valence-corrected chi connectivity index (χ3v) is 8.75. The quantitative estimate of drug-likeness (QED) is 0.0941. The van der Waals surface area contributed by atoms with Crippen molar-refractivity contribution in [2.45, 2.75) is 25.7 Å². The number of fused-ring (bicyclic) bond motifs is 1. The molecule has 0 bridgehead atoms. The zero-order chi connectivity index (χ0) is 33.5. The van der Waals surface area contributed by atoms with Crippen molar-refractivity contribution in [3.63, 3.8) is 0 Å². The Bertz CT molecular complexity index is 1860. The standard InChI is InChI=1S/C34H38N10O4/c1-48-27-21-39-33(44-22-40-28(41-44)18-29(45)37-10-5-13-42-16-11-36-12-17-42)31-30(27)26(20-38-31)32(46)34(47)43-14-8-24(9-15-43)25(19-35)23-6-3-2-4-7-23/h2-4,6-7,20-22,36,38H,5,8-18H2,1H3,(H,37,45). The number of piperidine rings is 1. The summed E-state index contributed by atoms with van der Waals surface area (Å²) in [6, 6.07) is 11.8. The highest BCUT2D eigenvalue weighted by atomic mass is 16.5. The minimum absolute atomic E-state index is 0.0108. The SMILES string of the molecule is COc1cnc(-n2cnc(CC(=O)NCCCN3CCNCC3)n2)c2[nH]cc(C(=O)C(=O)N3CCC(=C(C#N)c4ccccc4)CC3)c12. The molecular weight excluding hydrogens is 612 g/mol. The van der Waals surface area contributed by atoms with E-state index in [-0.39, 0.29) is 17.9 Å². The number of hydrogen-bond acceptors (Lipinski definition) is 10. The number of ketones is 1. The zero-order valence-corrected chi connectivity index (χ0v) is 26.9. The Balaban J connectivity index is 1.12. The van der Waals surface area contributed by atoms with E-state index in [9.17, 15) is 19.6 Å². The van der Waals surface area contributed by atoms with Crippen LogP contribution >= 0.6 is 0 Å². The number of pyridine rings is 1. The molecule has 1 aromatic carbocycles. The van der Waals surface area contributed by atoms with Gasteiger partial charge in [0.15, 0.2) is 11.6 Å². The molecule has 0 unspecified atom stereocenters. The molecule has 48 heavy (non-hydrogen) atoms. The molecule has 2 saturated heterocycles. The first-order chi connectivity index (χ1) is 23.5. The van der Waals surface area contributed by atoms with E-state index in [0.717, 1.165) is 50.3 Å². The van der Waals surface area contributed by atoms with E-state index in [1.165, 1.54) is 35.4 Å². The molecule has 2 amide bonds. The number of nitriles is 1. The number of piperazine rings is 1. The van der Waals surface area contributed by atoms with Gasteiger partial charge in [-0.2, -0.15) is 5.26 Å². The van der Waals surface area contributed by atoms with Gasteiger partial charge in [0.05, 0.1) is 47.8 Å². The van der Waals surface area contributed by atoms with Crippen molar-refractivity contribution >= 4 is 34.1 Å². The Morgan fingerprint density at radius 1 is 1.06 bits per heavy atom. The van der Waals surface area contributed by atoms with E-state index >= 15 is 0 Å². The van der Waals surface area contributed by atoms with E-state index in [4.69, 9.17) is 4.74 Å². The number of aromatic amines is 1. The second-order valence-corrected chi connectivity index (χ2v) is 11.8. The predicted octanol–water partition coefficient (Wildman–Crippen LogP) is 1.89. The maximum absolute atomic E-state index is 13.6. The number of allylic oxidation sites excluding steroid dienone is 1. The monoisotopic (exact) mass is 650 g/mol. The van der Waals surface area contributed by atoms with Gasteiger partial charge in [-0.1, -0.05) is 30.3 Å². The summed E-state index contributed by atoms with van der Waals surface area (Å²) in [7, 11) is 1.47. The summed E-state index contributed by atoms with van der Waals surface area (Å²) in [5, 5.41) is 20.9. The number of methoxy groups -OCH3 is 1. The van der Waals surface area contributed by atoms with Gasteiger partial charge in [0.2, 0.25) is 5.91 Å². The molecule has 248 valence electrons. The van der Waals surface area contributed by atoms with Crippen molar-refractivity contribution in [3.8, 4) is 17.6 Å². The first-order valence-corrected chi connectivity index (χ1v) is 16.1. The van der Waals surface area contributed by atoms with Crippen LogP contribution in [-0.4, -0.2) is 112 Å². The molecule has 0 radical (unpaired) electrons. The number of carbonyl (C=O) groups is 3. The largest absolute Gasteiger partial charge is 0.494 e.